The number of rotatable bonds is 6. The summed E-state index contributed by atoms with van der Waals surface area (Å²) in [5, 5.41) is 25.3. The first kappa shape index (κ1) is 27.6. The number of amides is 2. The van der Waals surface area contributed by atoms with E-state index in [1.54, 1.807) is 27.2 Å². The van der Waals surface area contributed by atoms with Gasteiger partial charge in [0.25, 0.3) is 5.91 Å². The van der Waals surface area contributed by atoms with Crippen molar-refractivity contribution >= 4 is 29.0 Å². The molecule has 2 unspecified atom stereocenters. The third-order valence-corrected chi connectivity index (χ3v) is 9.58. The normalized spacial score (nSPS) is 26.4. The molecule has 5 atom stereocenters. The van der Waals surface area contributed by atoms with Crippen molar-refractivity contribution in [2.75, 3.05) is 6.54 Å². The molecule has 10 heteroatoms. The van der Waals surface area contributed by atoms with Crippen LogP contribution in [0.15, 0.2) is 59.0 Å². The van der Waals surface area contributed by atoms with Crippen LogP contribution in [0.2, 0.25) is 0 Å². The quantitative estimate of drug-likeness (QED) is 0.417. The molecule has 0 saturated carbocycles. The second-order valence-corrected chi connectivity index (χ2v) is 12.6. The lowest BCUT2D eigenvalue weighted by atomic mass is 9.90. The van der Waals surface area contributed by atoms with Crippen molar-refractivity contribution in [2.24, 2.45) is 10.9 Å². The predicted octanol–water partition coefficient (Wildman–Crippen LogP) is 3.30. The summed E-state index contributed by atoms with van der Waals surface area (Å²) in [4.78, 5) is 40.7. The summed E-state index contributed by atoms with van der Waals surface area (Å²) in [5.74, 6) is -0.0557. The Bertz CT molecular complexity index is 1520. The van der Waals surface area contributed by atoms with E-state index in [-0.39, 0.29) is 24.3 Å². The van der Waals surface area contributed by atoms with Crippen molar-refractivity contribution in [3.63, 3.8) is 0 Å². The van der Waals surface area contributed by atoms with Crippen LogP contribution in [-0.2, 0) is 16.9 Å². The van der Waals surface area contributed by atoms with Crippen LogP contribution in [0.25, 0.3) is 10.4 Å². The van der Waals surface area contributed by atoms with Crippen LogP contribution in [0.3, 0.4) is 0 Å². The first-order chi connectivity index (χ1) is 19.6. The first-order valence-electron chi connectivity index (χ1n) is 14.0. The lowest BCUT2D eigenvalue weighted by Crippen LogP contribution is -2.56. The molecule has 6 rings (SSSR count). The van der Waals surface area contributed by atoms with Crippen molar-refractivity contribution in [3.05, 3.63) is 76.4 Å². The van der Waals surface area contributed by atoms with Crippen molar-refractivity contribution < 1.29 is 19.8 Å². The second kappa shape index (κ2) is 10.3. The summed E-state index contributed by atoms with van der Waals surface area (Å²) in [6.45, 7) is 8.24. The van der Waals surface area contributed by atoms with Gasteiger partial charge in [-0.1, -0.05) is 56.3 Å². The number of amidine groups is 1. The first-order valence-corrected chi connectivity index (χ1v) is 14.9. The standard InChI is InChI=1S/C31H35N5O4S/c1-17(2)25(36-14-20-7-5-6-8-23(20)28(36)38)29(39)35-15-22(37)13-24(35)27-33-30(40)31(4,34-27)21-11-9-19(10-12-21)26-18(3)32-16-41-26/h5-12,16-17,22,24-25,30,37,40H,13-15H2,1-4H3,(H,33,34)/t22-,24?,25+,30?,31+/m1/s1. The van der Waals surface area contributed by atoms with Crippen LogP contribution < -0.4 is 5.32 Å². The zero-order chi connectivity index (χ0) is 29.1. The van der Waals surface area contributed by atoms with E-state index in [1.165, 1.54) is 0 Å². The maximum absolute atomic E-state index is 14.1. The molecule has 9 nitrogen and oxygen atoms in total. The fourth-order valence-corrected chi connectivity index (χ4v) is 7.14. The molecule has 0 bridgehead atoms. The summed E-state index contributed by atoms with van der Waals surface area (Å²) in [7, 11) is 0. The van der Waals surface area contributed by atoms with Crippen LogP contribution in [0.5, 0.6) is 0 Å². The van der Waals surface area contributed by atoms with Gasteiger partial charge in [0.2, 0.25) is 5.91 Å². The Morgan fingerprint density at radius 2 is 1.88 bits per heavy atom. The highest BCUT2D eigenvalue weighted by molar-refractivity contribution is 7.13. The molecule has 3 N–H and O–H groups in total. The number of nitrogens with one attached hydrogen (secondary N) is 1. The van der Waals surface area contributed by atoms with Crippen LogP contribution in [-0.4, -0.2) is 73.6 Å². The molecule has 1 aromatic heterocycles. The van der Waals surface area contributed by atoms with Crippen LogP contribution in [0.1, 0.15) is 54.4 Å². The number of thiazole rings is 1. The molecular formula is C31H35N5O4S. The average molecular weight is 574 g/mol. The van der Waals surface area contributed by atoms with Gasteiger partial charge < -0.3 is 25.3 Å². The van der Waals surface area contributed by atoms with Gasteiger partial charge in [0.1, 0.15) is 17.4 Å². The minimum Gasteiger partial charge on any atom is -0.391 e. The largest absolute Gasteiger partial charge is 0.391 e. The number of likely N-dealkylation sites (tertiary alicyclic amines) is 1. The Hall–Kier alpha value is -3.60. The molecule has 3 aliphatic heterocycles. The Kier molecular flexibility index (Phi) is 6.96. The Labute approximate surface area is 243 Å². The lowest BCUT2D eigenvalue weighted by molar-refractivity contribution is -0.138. The number of aliphatic hydroxyl groups excluding tert-OH is 2. The number of carbonyl (C=O) groups is 2. The molecule has 0 spiro atoms. The number of aryl methyl sites for hydroxylation is 1. The Morgan fingerprint density at radius 3 is 2.54 bits per heavy atom. The van der Waals surface area contributed by atoms with Gasteiger partial charge in [-0.2, -0.15) is 0 Å². The molecule has 2 aromatic carbocycles. The number of β-amino-alcohol motifs (C(OH)–C–C–N with tert-alkyl or cyclic N) is 1. The number of benzene rings is 2. The van der Waals surface area contributed by atoms with Gasteiger partial charge in [-0.05, 0) is 42.5 Å². The van der Waals surface area contributed by atoms with E-state index in [9.17, 15) is 19.8 Å². The highest BCUT2D eigenvalue weighted by Gasteiger charge is 2.49. The number of aliphatic hydroxyl groups is 2. The predicted molar refractivity (Wildman–Crippen MR) is 157 cm³/mol. The van der Waals surface area contributed by atoms with E-state index < -0.39 is 30.0 Å². The van der Waals surface area contributed by atoms with Gasteiger partial charge in [-0.15, -0.1) is 11.3 Å². The van der Waals surface area contributed by atoms with Gasteiger partial charge in [-0.25, -0.2) is 9.98 Å². The zero-order valence-electron chi connectivity index (χ0n) is 23.6. The maximum atomic E-state index is 14.1. The molecule has 0 aliphatic carbocycles. The molecule has 0 radical (unpaired) electrons. The number of hydrogen-bond donors (Lipinski definition) is 3. The number of aliphatic imine (C=N–C) groups is 1. The van der Waals surface area contributed by atoms with Gasteiger partial charge in [0, 0.05) is 25.1 Å². The molecule has 2 amide bonds. The number of hydrogen-bond acceptors (Lipinski definition) is 8. The van der Waals surface area contributed by atoms with Crippen molar-refractivity contribution in [1.82, 2.24) is 20.1 Å². The Balaban J connectivity index is 1.24. The van der Waals surface area contributed by atoms with E-state index in [4.69, 9.17) is 0 Å². The molecule has 41 heavy (non-hydrogen) atoms. The molecule has 3 aromatic rings. The summed E-state index contributed by atoms with van der Waals surface area (Å²) >= 11 is 1.59. The third-order valence-electron chi connectivity index (χ3n) is 8.61. The molecule has 1 fully saturated rings. The van der Waals surface area contributed by atoms with Crippen LogP contribution in [0.4, 0.5) is 0 Å². The minimum atomic E-state index is -1.08. The SMILES string of the molecule is Cc1ncsc1-c1ccc([C@]2(C)NC(C3C[C@@H](O)CN3C(=O)[C@H](C(C)C)N3Cc4ccccc4C3=O)=NC2O)cc1. The highest BCUT2D eigenvalue weighted by Crippen LogP contribution is 2.36. The fourth-order valence-electron chi connectivity index (χ4n) is 6.33. The van der Waals surface area contributed by atoms with E-state index in [0.29, 0.717) is 24.4 Å². The zero-order valence-corrected chi connectivity index (χ0v) is 24.4. The number of carbonyl (C=O) groups excluding carboxylic acids is 2. The van der Waals surface area contributed by atoms with E-state index in [0.717, 1.165) is 27.3 Å². The third kappa shape index (κ3) is 4.64. The lowest BCUT2D eigenvalue weighted by Gasteiger charge is -2.36. The Morgan fingerprint density at radius 1 is 1.15 bits per heavy atom. The summed E-state index contributed by atoms with van der Waals surface area (Å²) in [6, 6.07) is 14.2. The summed E-state index contributed by atoms with van der Waals surface area (Å²) in [6.07, 6.45) is -1.53. The number of aromatic nitrogens is 1. The summed E-state index contributed by atoms with van der Waals surface area (Å²) in [5.41, 5.74) is 5.33. The van der Waals surface area contributed by atoms with Gasteiger partial charge in [-0.3, -0.25) is 9.59 Å². The van der Waals surface area contributed by atoms with Crippen molar-refractivity contribution in [1.29, 1.82) is 0 Å². The van der Waals surface area contributed by atoms with Crippen LogP contribution in [0, 0.1) is 12.8 Å². The smallest absolute Gasteiger partial charge is 0.255 e. The highest BCUT2D eigenvalue weighted by atomic mass is 32.1. The fraction of sp³-hybridized carbons (Fsp3) is 0.419. The number of fused-ring (bicyclic) bond motifs is 1. The molecular weight excluding hydrogens is 538 g/mol. The van der Waals surface area contributed by atoms with Gasteiger partial charge >= 0.3 is 0 Å². The van der Waals surface area contributed by atoms with Crippen LogP contribution >= 0.6 is 11.3 Å². The number of nitrogens with zero attached hydrogens (tertiary/aromatic N) is 4. The molecule has 3 aliphatic rings. The van der Waals surface area contributed by atoms with E-state index >= 15 is 0 Å². The molecule has 1 saturated heterocycles. The average Bonchev–Trinajstić information content (AvgIpc) is 3.71. The monoisotopic (exact) mass is 573 g/mol. The van der Waals surface area contributed by atoms with Gasteiger partial charge in [0.05, 0.1) is 28.2 Å². The second-order valence-electron chi connectivity index (χ2n) is 11.7. The minimum absolute atomic E-state index is 0.137. The topological polar surface area (TPSA) is 118 Å². The molecule has 4 heterocycles. The van der Waals surface area contributed by atoms with Crippen molar-refractivity contribution in [3.8, 4) is 10.4 Å². The summed E-state index contributed by atoms with van der Waals surface area (Å²) < 4.78 is 0. The van der Waals surface area contributed by atoms with E-state index in [2.05, 4.69) is 15.3 Å². The van der Waals surface area contributed by atoms with Gasteiger partial charge in [0.15, 0.2) is 6.23 Å². The molecule has 214 valence electrons. The van der Waals surface area contributed by atoms with Crippen molar-refractivity contribution in [2.45, 2.75) is 70.6 Å². The maximum Gasteiger partial charge on any atom is 0.255 e. The van der Waals surface area contributed by atoms with E-state index in [1.807, 2.05) is 75.7 Å².